The summed E-state index contributed by atoms with van der Waals surface area (Å²) in [5.41, 5.74) is 1.96. The smallest absolute Gasteiger partial charge is 0.0942 e. The Morgan fingerprint density at radius 3 is 2.61 bits per heavy atom. The highest BCUT2D eigenvalue weighted by atomic mass is 35.5. The first kappa shape index (κ1) is 13.8. The zero-order chi connectivity index (χ0) is 13.1. The Hall–Kier alpha value is -0.610. The minimum atomic E-state index is -0.459. The Morgan fingerprint density at radius 1 is 1.33 bits per heavy atom. The van der Waals surface area contributed by atoms with Gasteiger partial charge in [0, 0.05) is 37.2 Å². The molecule has 1 aromatic rings. The maximum Gasteiger partial charge on any atom is 0.0942 e. The first-order valence-electron chi connectivity index (χ1n) is 6.48. The molecule has 18 heavy (non-hydrogen) atoms. The van der Waals surface area contributed by atoms with Gasteiger partial charge in [0.05, 0.1) is 6.10 Å². The Bertz CT molecular complexity index is 405. The van der Waals surface area contributed by atoms with Crippen molar-refractivity contribution in [3.05, 3.63) is 34.3 Å². The first-order valence-corrected chi connectivity index (χ1v) is 6.86. The van der Waals surface area contributed by atoms with E-state index in [4.69, 9.17) is 11.6 Å². The number of hydrogen-bond acceptors (Lipinski definition) is 3. The molecular formula is C14H21ClN2O. The number of hydrogen-bond donors (Lipinski definition) is 2. The molecule has 2 rings (SSSR count). The highest BCUT2D eigenvalue weighted by Gasteiger charge is 2.24. The predicted octanol–water partition coefficient (Wildman–Crippen LogP) is 1.98. The molecule has 100 valence electrons. The molecule has 1 aliphatic rings. The van der Waals surface area contributed by atoms with Crippen LogP contribution in [-0.2, 0) is 0 Å². The maximum absolute atomic E-state index is 10.5. The van der Waals surface area contributed by atoms with E-state index in [-0.39, 0.29) is 6.04 Å². The van der Waals surface area contributed by atoms with Crippen molar-refractivity contribution in [2.45, 2.75) is 26.0 Å². The molecule has 0 aliphatic carbocycles. The second kappa shape index (κ2) is 6.02. The monoisotopic (exact) mass is 268 g/mol. The Labute approximate surface area is 114 Å². The number of piperazine rings is 1. The summed E-state index contributed by atoms with van der Waals surface area (Å²) in [4.78, 5) is 2.32. The highest BCUT2D eigenvalue weighted by Crippen LogP contribution is 2.25. The van der Waals surface area contributed by atoms with Crippen molar-refractivity contribution < 1.29 is 5.11 Å². The number of aliphatic hydroxyl groups excluding tert-OH is 1. The Kier molecular flexibility index (Phi) is 4.62. The van der Waals surface area contributed by atoms with E-state index in [2.05, 4.69) is 17.1 Å². The average Bonchev–Trinajstić information content (AvgIpc) is 2.41. The van der Waals surface area contributed by atoms with Gasteiger partial charge in [0.2, 0.25) is 0 Å². The van der Waals surface area contributed by atoms with Gasteiger partial charge in [-0.15, -0.1) is 0 Å². The minimum absolute atomic E-state index is 0.132. The molecule has 4 heteroatoms. The van der Waals surface area contributed by atoms with Gasteiger partial charge in [-0.3, -0.25) is 4.90 Å². The van der Waals surface area contributed by atoms with Gasteiger partial charge in [-0.05, 0) is 31.0 Å². The van der Waals surface area contributed by atoms with Crippen LogP contribution in [0.1, 0.15) is 24.2 Å². The third-order valence-electron chi connectivity index (χ3n) is 3.71. The molecule has 2 atom stereocenters. The van der Waals surface area contributed by atoms with Crippen LogP contribution in [0.4, 0.5) is 0 Å². The third-order valence-corrected chi connectivity index (χ3v) is 4.13. The van der Waals surface area contributed by atoms with Crippen LogP contribution < -0.4 is 5.32 Å². The molecule has 2 N–H and O–H groups in total. The fourth-order valence-corrected chi connectivity index (χ4v) is 2.54. The van der Waals surface area contributed by atoms with Gasteiger partial charge in [0.15, 0.2) is 0 Å². The SMILES string of the molecule is Cc1cc(C(O)C(C)N2CCNCC2)ccc1Cl. The number of aliphatic hydroxyl groups is 1. The van der Waals surface area contributed by atoms with Crippen LogP contribution in [0.2, 0.25) is 5.02 Å². The summed E-state index contributed by atoms with van der Waals surface area (Å²) >= 11 is 6.01. The van der Waals surface area contributed by atoms with Crippen LogP contribution >= 0.6 is 11.6 Å². The van der Waals surface area contributed by atoms with Crippen LogP contribution in [0, 0.1) is 6.92 Å². The second-order valence-electron chi connectivity index (χ2n) is 4.98. The van der Waals surface area contributed by atoms with Gasteiger partial charge in [0.25, 0.3) is 0 Å². The summed E-state index contributed by atoms with van der Waals surface area (Å²) in [6.07, 6.45) is -0.459. The topological polar surface area (TPSA) is 35.5 Å². The number of benzene rings is 1. The van der Waals surface area contributed by atoms with Crippen LogP contribution in [0.25, 0.3) is 0 Å². The molecule has 0 radical (unpaired) electrons. The number of nitrogens with zero attached hydrogens (tertiary/aromatic N) is 1. The zero-order valence-corrected chi connectivity index (χ0v) is 11.7. The Morgan fingerprint density at radius 2 is 2.00 bits per heavy atom. The highest BCUT2D eigenvalue weighted by molar-refractivity contribution is 6.31. The minimum Gasteiger partial charge on any atom is -0.387 e. The molecule has 0 amide bonds. The molecule has 0 saturated carbocycles. The van der Waals surface area contributed by atoms with Crippen molar-refractivity contribution in [3.63, 3.8) is 0 Å². The lowest BCUT2D eigenvalue weighted by Crippen LogP contribution is -2.49. The van der Waals surface area contributed by atoms with E-state index in [0.717, 1.165) is 42.3 Å². The molecular weight excluding hydrogens is 248 g/mol. The fraction of sp³-hybridized carbons (Fsp3) is 0.571. The molecule has 0 bridgehead atoms. The van der Waals surface area contributed by atoms with Crippen molar-refractivity contribution in [2.24, 2.45) is 0 Å². The Balaban J connectivity index is 2.09. The van der Waals surface area contributed by atoms with Crippen molar-refractivity contribution >= 4 is 11.6 Å². The van der Waals surface area contributed by atoms with Crippen LogP contribution in [0.3, 0.4) is 0 Å². The van der Waals surface area contributed by atoms with E-state index >= 15 is 0 Å². The van der Waals surface area contributed by atoms with Gasteiger partial charge in [-0.1, -0.05) is 23.7 Å². The molecule has 1 saturated heterocycles. The van der Waals surface area contributed by atoms with E-state index in [0.29, 0.717) is 0 Å². The first-order chi connectivity index (χ1) is 8.59. The summed E-state index contributed by atoms with van der Waals surface area (Å²) in [6.45, 7) is 8.02. The van der Waals surface area contributed by atoms with Gasteiger partial charge < -0.3 is 10.4 Å². The van der Waals surface area contributed by atoms with Crippen molar-refractivity contribution in [1.82, 2.24) is 10.2 Å². The summed E-state index contributed by atoms with van der Waals surface area (Å²) in [7, 11) is 0. The summed E-state index contributed by atoms with van der Waals surface area (Å²) < 4.78 is 0. The fourth-order valence-electron chi connectivity index (χ4n) is 2.42. The predicted molar refractivity (Wildman–Crippen MR) is 75.1 cm³/mol. The maximum atomic E-state index is 10.5. The summed E-state index contributed by atoms with van der Waals surface area (Å²) in [5, 5.41) is 14.5. The molecule has 1 fully saturated rings. The molecule has 3 nitrogen and oxygen atoms in total. The number of rotatable bonds is 3. The van der Waals surface area contributed by atoms with Crippen LogP contribution in [0.5, 0.6) is 0 Å². The van der Waals surface area contributed by atoms with Crippen LogP contribution in [0.15, 0.2) is 18.2 Å². The number of halogens is 1. The summed E-state index contributed by atoms with van der Waals surface area (Å²) in [6, 6.07) is 5.89. The lowest BCUT2D eigenvalue weighted by atomic mass is 10.00. The van der Waals surface area contributed by atoms with Crippen molar-refractivity contribution in [2.75, 3.05) is 26.2 Å². The molecule has 1 heterocycles. The van der Waals surface area contributed by atoms with Gasteiger partial charge in [-0.2, -0.15) is 0 Å². The van der Waals surface area contributed by atoms with E-state index < -0.39 is 6.10 Å². The van der Waals surface area contributed by atoms with E-state index in [1.165, 1.54) is 0 Å². The lowest BCUT2D eigenvalue weighted by molar-refractivity contribution is 0.0510. The van der Waals surface area contributed by atoms with Gasteiger partial charge in [0.1, 0.15) is 0 Å². The van der Waals surface area contributed by atoms with Crippen molar-refractivity contribution in [1.29, 1.82) is 0 Å². The molecule has 1 aromatic carbocycles. The lowest BCUT2D eigenvalue weighted by Gasteiger charge is -2.35. The quantitative estimate of drug-likeness (QED) is 0.880. The van der Waals surface area contributed by atoms with E-state index in [1.807, 2.05) is 25.1 Å². The standard InChI is InChI=1S/C14H21ClN2O/c1-10-9-12(3-4-13(10)15)14(18)11(2)17-7-5-16-6-8-17/h3-4,9,11,14,16,18H,5-8H2,1-2H3. The van der Waals surface area contributed by atoms with Crippen molar-refractivity contribution in [3.8, 4) is 0 Å². The summed E-state index contributed by atoms with van der Waals surface area (Å²) in [5.74, 6) is 0. The van der Waals surface area contributed by atoms with Crippen LogP contribution in [-0.4, -0.2) is 42.2 Å². The van der Waals surface area contributed by atoms with E-state index in [1.54, 1.807) is 0 Å². The number of aryl methyl sites for hydroxylation is 1. The molecule has 1 aliphatic heterocycles. The second-order valence-corrected chi connectivity index (χ2v) is 5.39. The molecule has 0 aromatic heterocycles. The zero-order valence-electron chi connectivity index (χ0n) is 11.0. The third kappa shape index (κ3) is 3.04. The molecule has 0 spiro atoms. The molecule has 2 unspecified atom stereocenters. The van der Waals surface area contributed by atoms with Gasteiger partial charge in [-0.25, -0.2) is 0 Å². The normalized spacial score (nSPS) is 20.7. The van der Waals surface area contributed by atoms with E-state index in [9.17, 15) is 5.11 Å². The van der Waals surface area contributed by atoms with Gasteiger partial charge >= 0.3 is 0 Å². The average molecular weight is 269 g/mol. The number of nitrogens with one attached hydrogen (secondary N) is 1. The largest absolute Gasteiger partial charge is 0.387 e.